The van der Waals surface area contributed by atoms with Crippen molar-refractivity contribution in [1.82, 2.24) is 0 Å². The molecule has 0 aliphatic carbocycles. The molecular formula is C25H19BrClNO4. The Labute approximate surface area is 199 Å². The number of carbonyl (C=O) groups excluding carboxylic acids is 1. The first-order chi connectivity index (χ1) is 15.4. The second-order valence-electron chi connectivity index (χ2n) is 7.10. The Morgan fingerprint density at radius 1 is 1.12 bits per heavy atom. The largest absolute Gasteiger partial charge is 0.493 e. The van der Waals surface area contributed by atoms with E-state index in [-0.39, 0.29) is 11.6 Å². The molecule has 0 atom stereocenters. The fourth-order valence-electron chi connectivity index (χ4n) is 3.19. The van der Waals surface area contributed by atoms with Crippen LogP contribution in [0.25, 0.3) is 6.08 Å². The van der Waals surface area contributed by atoms with Gasteiger partial charge in [-0.1, -0.05) is 57.9 Å². The van der Waals surface area contributed by atoms with Gasteiger partial charge in [0.2, 0.25) is 5.90 Å². The summed E-state index contributed by atoms with van der Waals surface area (Å²) in [5.41, 5.74) is 3.56. The molecule has 0 aromatic heterocycles. The molecule has 4 rings (SSSR count). The van der Waals surface area contributed by atoms with Crippen molar-refractivity contribution in [2.24, 2.45) is 4.99 Å². The molecule has 0 unspecified atom stereocenters. The minimum absolute atomic E-state index is 0.185. The van der Waals surface area contributed by atoms with Gasteiger partial charge >= 0.3 is 5.97 Å². The number of halogens is 2. The van der Waals surface area contributed by atoms with Gasteiger partial charge in [0.05, 0.1) is 12.1 Å². The van der Waals surface area contributed by atoms with Crippen LogP contribution in [0.15, 0.2) is 75.8 Å². The predicted octanol–water partition coefficient (Wildman–Crippen LogP) is 6.34. The van der Waals surface area contributed by atoms with Crippen molar-refractivity contribution in [3.63, 3.8) is 0 Å². The molecule has 162 valence electrons. The third kappa shape index (κ3) is 4.87. The number of nitrogens with zero attached hydrogens (tertiary/aromatic N) is 1. The molecule has 5 nitrogen and oxygen atoms in total. The monoisotopic (exact) mass is 511 g/mol. The van der Waals surface area contributed by atoms with E-state index in [9.17, 15) is 4.79 Å². The first-order valence-electron chi connectivity index (χ1n) is 9.78. The third-order valence-electron chi connectivity index (χ3n) is 4.85. The lowest BCUT2D eigenvalue weighted by Crippen LogP contribution is -2.06. The number of aryl methyl sites for hydroxylation is 1. The van der Waals surface area contributed by atoms with Gasteiger partial charge in [0.1, 0.15) is 6.61 Å². The lowest BCUT2D eigenvalue weighted by Gasteiger charge is -2.13. The Morgan fingerprint density at radius 2 is 1.88 bits per heavy atom. The molecule has 0 amide bonds. The predicted molar refractivity (Wildman–Crippen MR) is 128 cm³/mol. The Balaban J connectivity index is 1.59. The smallest absolute Gasteiger partial charge is 0.363 e. The Morgan fingerprint density at radius 3 is 2.59 bits per heavy atom. The van der Waals surface area contributed by atoms with E-state index in [4.69, 9.17) is 25.8 Å². The molecule has 0 radical (unpaired) electrons. The molecule has 1 aliphatic rings. The molecule has 0 saturated heterocycles. The van der Waals surface area contributed by atoms with Crippen LogP contribution >= 0.6 is 27.5 Å². The first kappa shape index (κ1) is 22.1. The molecule has 1 aliphatic heterocycles. The molecule has 7 heteroatoms. The maximum absolute atomic E-state index is 12.4. The number of esters is 1. The maximum Gasteiger partial charge on any atom is 0.363 e. The van der Waals surface area contributed by atoms with Crippen LogP contribution in [0.2, 0.25) is 5.02 Å². The average Bonchev–Trinajstić information content (AvgIpc) is 3.14. The van der Waals surface area contributed by atoms with E-state index in [0.717, 1.165) is 21.2 Å². The van der Waals surface area contributed by atoms with Crippen LogP contribution in [0.1, 0.15) is 22.3 Å². The lowest BCUT2D eigenvalue weighted by atomic mass is 10.1. The van der Waals surface area contributed by atoms with Crippen molar-refractivity contribution >= 4 is 45.5 Å². The average molecular weight is 513 g/mol. The van der Waals surface area contributed by atoms with Gasteiger partial charge in [-0.25, -0.2) is 9.79 Å². The second-order valence-corrected chi connectivity index (χ2v) is 8.42. The molecule has 0 bridgehead atoms. The van der Waals surface area contributed by atoms with Crippen LogP contribution in [-0.2, 0) is 16.1 Å². The van der Waals surface area contributed by atoms with E-state index in [1.165, 1.54) is 7.11 Å². The summed E-state index contributed by atoms with van der Waals surface area (Å²) in [6, 6.07) is 18.8. The minimum Gasteiger partial charge on any atom is -0.493 e. The Kier molecular flexibility index (Phi) is 6.63. The van der Waals surface area contributed by atoms with Crippen molar-refractivity contribution in [2.45, 2.75) is 13.5 Å². The van der Waals surface area contributed by atoms with Gasteiger partial charge in [0, 0.05) is 10.0 Å². The highest BCUT2D eigenvalue weighted by atomic mass is 79.9. The normalized spacial score (nSPS) is 14.3. The van der Waals surface area contributed by atoms with Crippen LogP contribution in [0.5, 0.6) is 11.5 Å². The summed E-state index contributed by atoms with van der Waals surface area (Å²) >= 11 is 9.89. The number of hydrogen-bond acceptors (Lipinski definition) is 5. The third-order valence-corrected chi connectivity index (χ3v) is 5.66. The second kappa shape index (κ2) is 9.59. The van der Waals surface area contributed by atoms with E-state index in [1.54, 1.807) is 18.2 Å². The summed E-state index contributed by atoms with van der Waals surface area (Å²) < 4.78 is 17.7. The summed E-state index contributed by atoms with van der Waals surface area (Å²) in [5.74, 6) is 0.647. The van der Waals surface area contributed by atoms with Gasteiger partial charge < -0.3 is 14.2 Å². The first-order valence-corrected chi connectivity index (χ1v) is 10.9. The fourth-order valence-corrected chi connectivity index (χ4v) is 3.73. The molecule has 32 heavy (non-hydrogen) atoms. The van der Waals surface area contributed by atoms with Crippen LogP contribution in [0, 0.1) is 6.92 Å². The Hall–Kier alpha value is -3.09. The van der Waals surface area contributed by atoms with Crippen molar-refractivity contribution in [2.75, 3.05) is 7.11 Å². The van der Waals surface area contributed by atoms with E-state index in [2.05, 4.69) is 20.9 Å². The van der Waals surface area contributed by atoms with Gasteiger partial charge in [0.25, 0.3) is 0 Å². The van der Waals surface area contributed by atoms with E-state index in [1.807, 2.05) is 55.5 Å². The van der Waals surface area contributed by atoms with Gasteiger partial charge in [0.15, 0.2) is 17.2 Å². The number of hydrogen-bond donors (Lipinski definition) is 0. The number of cyclic esters (lactones) is 1. The highest BCUT2D eigenvalue weighted by molar-refractivity contribution is 9.10. The van der Waals surface area contributed by atoms with Crippen LogP contribution in [-0.4, -0.2) is 19.0 Å². The summed E-state index contributed by atoms with van der Waals surface area (Å²) in [4.78, 5) is 16.7. The zero-order valence-electron chi connectivity index (χ0n) is 17.4. The van der Waals surface area contributed by atoms with Crippen LogP contribution < -0.4 is 9.47 Å². The SMILES string of the molecule is COc1cc(/C=C2\N=C(c3ccccc3C)OC2=O)cc(Cl)c1OCc1ccc(Br)cc1. The Bertz CT molecular complexity index is 1240. The van der Waals surface area contributed by atoms with Crippen LogP contribution in [0.3, 0.4) is 0 Å². The zero-order chi connectivity index (χ0) is 22.7. The topological polar surface area (TPSA) is 57.1 Å². The number of aliphatic imine (C=N–C) groups is 1. The van der Waals surface area contributed by atoms with Gasteiger partial charge in [-0.3, -0.25) is 0 Å². The van der Waals surface area contributed by atoms with E-state index in [0.29, 0.717) is 28.7 Å². The lowest BCUT2D eigenvalue weighted by molar-refractivity contribution is -0.129. The molecule has 0 N–H and O–H groups in total. The summed E-state index contributed by atoms with van der Waals surface area (Å²) in [6.07, 6.45) is 1.61. The molecule has 3 aromatic carbocycles. The van der Waals surface area contributed by atoms with Gasteiger partial charge in [-0.05, 0) is 60.0 Å². The number of rotatable bonds is 6. The summed E-state index contributed by atoms with van der Waals surface area (Å²) in [6.45, 7) is 2.27. The molecule has 0 spiro atoms. The highest BCUT2D eigenvalue weighted by Crippen LogP contribution is 2.38. The fraction of sp³-hybridized carbons (Fsp3) is 0.120. The standard InChI is InChI=1S/C25H19BrClNO4/c1-15-5-3-4-6-19(15)24-28-21(25(29)32-24)12-17-11-20(27)23(22(13-17)30-2)31-14-16-7-9-18(26)10-8-16/h3-13H,14H2,1-2H3/b21-12-. The van der Waals surface area contributed by atoms with Crippen molar-refractivity contribution < 1.29 is 19.0 Å². The molecule has 0 fully saturated rings. The van der Waals surface area contributed by atoms with Gasteiger partial charge in [-0.15, -0.1) is 0 Å². The van der Waals surface area contributed by atoms with Crippen molar-refractivity contribution in [1.29, 1.82) is 0 Å². The number of ether oxygens (including phenoxy) is 3. The van der Waals surface area contributed by atoms with Gasteiger partial charge in [-0.2, -0.15) is 0 Å². The van der Waals surface area contributed by atoms with E-state index >= 15 is 0 Å². The van der Waals surface area contributed by atoms with Crippen molar-refractivity contribution in [3.05, 3.63) is 98.1 Å². The minimum atomic E-state index is -0.520. The molecule has 0 saturated carbocycles. The van der Waals surface area contributed by atoms with E-state index < -0.39 is 5.97 Å². The maximum atomic E-state index is 12.4. The molecule has 3 aromatic rings. The van der Waals surface area contributed by atoms with Crippen LogP contribution in [0.4, 0.5) is 0 Å². The summed E-state index contributed by atoms with van der Waals surface area (Å²) in [5, 5.41) is 0.364. The quantitative estimate of drug-likeness (QED) is 0.285. The van der Waals surface area contributed by atoms with Crippen molar-refractivity contribution in [3.8, 4) is 11.5 Å². The zero-order valence-corrected chi connectivity index (χ0v) is 19.7. The molecular weight excluding hydrogens is 494 g/mol. The molecule has 1 heterocycles. The number of carbonyl (C=O) groups is 1. The summed E-state index contributed by atoms with van der Waals surface area (Å²) in [7, 11) is 1.54. The number of benzene rings is 3. The highest BCUT2D eigenvalue weighted by Gasteiger charge is 2.25. The number of methoxy groups -OCH3 is 1.